The van der Waals surface area contributed by atoms with Crippen LogP contribution in [0.2, 0.25) is 0 Å². The van der Waals surface area contributed by atoms with Crippen molar-refractivity contribution in [2.45, 2.75) is 20.3 Å². The summed E-state index contributed by atoms with van der Waals surface area (Å²) in [6.07, 6.45) is 0.653. The molecular formula is C6H8N3O2. The highest BCUT2D eigenvalue weighted by molar-refractivity contribution is 5.98. The summed E-state index contributed by atoms with van der Waals surface area (Å²) in [6.45, 7) is 3.21. The monoisotopic (exact) mass is 154 g/mol. The van der Waals surface area contributed by atoms with Crippen LogP contribution >= 0.6 is 0 Å². The van der Waals surface area contributed by atoms with E-state index in [4.69, 9.17) is 4.74 Å². The number of hydrogen-bond acceptors (Lipinski definition) is 3. The molecule has 0 atom stereocenters. The zero-order chi connectivity index (χ0) is 8.27. The molecule has 0 unspecified atom stereocenters. The van der Waals surface area contributed by atoms with Gasteiger partial charge in [0.25, 0.3) is 0 Å². The average Bonchev–Trinajstić information content (AvgIpc) is 2.34. The Kier molecular flexibility index (Phi) is 2.20. The topological polar surface area (TPSA) is 65.1 Å². The van der Waals surface area contributed by atoms with E-state index >= 15 is 0 Å². The Morgan fingerprint density at radius 3 is 2.91 bits per heavy atom. The number of rotatable bonds is 1. The van der Waals surface area contributed by atoms with Gasteiger partial charge in [-0.05, 0) is 0 Å². The summed E-state index contributed by atoms with van der Waals surface area (Å²) >= 11 is 0. The second kappa shape index (κ2) is 3.14. The average molecular weight is 154 g/mol. The van der Waals surface area contributed by atoms with Crippen molar-refractivity contribution in [2.75, 3.05) is 0 Å². The number of aliphatic imine (C=N–C) groups is 1. The SMILES string of the molecule is CCC1=N[N]C(=NC(C)=O)O1. The maximum Gasteiger partial charge on any atom is 0.345 e. The van der Waals surface area contributed by atoms with Crippen molar-refractivity contribution in [1.29, 1.82) is 0 Å². The van der Waals surface area contributed by atoms with Gasteiger partial charge in [-0.15, -0.1) is 5.10 Å². The van der Waals surface area contributed by atoms with Crippen LogP contribution in [-0.2, 0) is 9.53 Å². The lowest BCUT2D eigenvalue weighted by Crippen LogP contribution is -2.10. The van der Waals surface area contributed by atoms with Gasteiger partial charge < -0.3 is 4.74 Å². The Morgan fingerprint density at radius 2 is 2.45 bits per heavy atom. The van der Waals surface area contributed by atoms with Crippen molar-refractivity contribution < 1.29 is 9.53 Å². The van der Waals surface area contributed by atoms with E-state index in [9.17, 15) is 4.79 Å². The van der Waals surface area contributed by atoms with E-state index in [-0.39, 0.29) is 11.9 Å². The molecule has 0 aromatic heterocycles. The minimum Gasteiger partial charge on any atom is -0.406 e. The zero-order valence-electron chi connectivity index (χ0n) is 6.37. The first-order valence-corrected chi connectivity index (χ1v) is 3.27. The van der Waals surface area contributed by atoms with Crippen LogP contribution in [0.3, 0.4) is 0 Å². The van der Waals surface area contributed by atoms with Gasteiger partial charge in [0, 0.05) is 13.3 Å². The fourth-order valence-corrected chi connectivity index (χ4v) is 0.567. The second-order valence-corrected chi connectivity index (χ2v) is 1.96. The summed E-state index contributed by atoms with van der Waals surface area (Å²) in [5, 5.41) is 3.63. The Hall–Kier alpha value is -1.39. The number of amidine groups is 1. The number of nitrogens with zero attached hydrogens (tertiary/aromatic N) is 3. The van der Waals surface area contributed by atoms with Gasteiger partial charge in [-0.25, -0.2) is 0 Å². The minimum absolute atomic E-state index is 0.0364. The van der Waals surface area contributed by atoms with Crippen LogP contribution in [0.25, 0.3) is 0 Å². The summed E-state index contributed by atoms with van der Waals surface area (Å²) < 4.78 is 4.93. The van der Waals surface area contributed by atoms with Gasteiger partial charge in [0.05, 0.1) is 0 Å². The molecule has 1 rings (SSSR count). The lowest BCUT2D eigenvalue weighted by Gasteiger charge is -1.92. The molecule has 0 N–H and O–H groups in total. The van der Waals surface area contributed by atoms with E-state index < -0.39 is 0 Å². The number of carbonyl (C=O) groups excluding carboxylic acids is 1. The molecule has 0 fully saturated rings. The maximum absolute atomic E-state index is 10.4. The molecule has 0 saturated heterocycles. The molecule has 11 heavy (non-hydrogen) atoms. The number of carbonyl (C=O) groups is 1. The molecule has 0 aromatic rings. The van der Waals surface area contributed by atoms with Crippen LogP contribution in [0.1, 0.15) is 20.3 Å². The summed E-state index contributed by atoms with van der Waals surface area (Å²) in [5.41, 5.74) is 3.52. The Morgan fingerprint density at radius 1 is 1.73 bits per heavy atom. The molecule has 1 aliphatic heterocycles. The van der Waals surface area contributed by atoms with Crippen molar-refractivity contribution >= 4 is 17.8 Å². The van der Waals surface area contributed by atoms with Crippen LogP contribution in [0.15, 0.2) is 10.1 Å². The largest absolute Gasteiger partial charge is 0.406 e. The molecule has 1 heterocycles. The standard InChI is InChI=1S/C6H8N3O2/c1-3-5-8-9-6(11-5)7-4(2)10/h3H2,1-2H3. The van der Waals surface area contributed by atoms with E-state index in [0.29, 0.717) is 12.3 Å². The van der Waals surface area contributed by atoms with Crippen molar-refractivity contribution in [2.24, 2.45) is 10.1 Å². The molecular weight excluding hydrogens is 146 g/mol. The van der Waals surface area contributed by atoms with Crippen molar-refractivity contribution in [1.82, 2.24) is 5.43 Å². The summed E-state index contributed by atoms with van der Waals surface area (Å²) in [6, 6.07) is 0.0364. The second-order valence-electron chi connectivity index (χ2n) is 1.96. The van der Waals surface area contributed by atoms with E-state index in [1.807, 2.05) is 6.92 Å². The Balaban J connectivity index is 2.53. The minimum atomic E-state index is -0.337. The first kappa shape index (κ1) is 7.71. The molecule has 1 amide bonds. The van der Waals surface area contributed by atoms with Gasteiger partial charge in [-0.2, -0.15) is 4.99 Å². The molecule has 0 aromatic carbocycles. The zero-order valence-corrected chi connectivity index (χ0v) is 6.37. The predicted molar refractivity (Wildman–Crippen MR) is 39.1 cm³/mol. The molecule has 0 saturated carbocycles. The van der Waals surface area contributed by atoms with E-state index in [1.54, 1.807) is 0 Å². The third kappa shape index (κ3) is 2.03. The molecule has 1 radical (unpaired) electrons. The number of amides is 1. The Labute approximate surface area is 64.1 Å². The van der Waals surface area contributed by atoms with Crippen molar-refractivity contribution in [3.63, 3.8) is 0 Å². The van der Waals surface area contributed by atoms with E-state index in [0.717, 1.165) is 0 Å². The molecule has 0 aliphatic carbocycles. The van der Waals surface area contributed by atoms with Crippen molar-refractivity contribution in [3.8, 4) is 0 Å². The van der Waals surface area contributed by atoms with E-state index in [2.05, 4.69) is 15.5 Å². The van der Waals surface area contributed by atoms with Gasteiger partial charge >= 0.3 is 6.02 Å². The van der Waals surface area contributed by atoms with Gasteiger partial charge in [-0.1, -0.05) is 12.3 Å². The fraction of sp³-hybridized carbons (Fsp3) is 0.500. The molecule has 5 nitrogen and oxygen atoms in total. The predicted octanol–water partition coefficient (Wildman–Crippen LogP) is 0.247. The molecule has 5 heteroatoms. The first-order valence-electron chi connectivity index (χ1n) is 3.27. The highest BCUT2D eigenvalue weighted by atomic mass is 16.5. The van der Waals surface area contributed by atoms with Crippen molar-refractivity contribution in [3.05, 3.63) is 0 Å². The highest BCUT2D eigenvalue weighted by Gasteiger charge is 2.14. The quantitative estimate of drug-likeness (QED) is 0.543. The first-order chi connectivity index (χ1) is 5.22. The lowest BCUT2D eigenvalue weighted by atomic mass is 10.5. The van der Waals surface area contributed by atoms with Crippen LogP contribution in [0.5, 0.6) is 0 Å². The summed E-state index contributed by atoms with van der Waals surface area (Å²) in [4.78, 5) is 13.9. The Bertz CT molecular complexity index is 232. The highest BCUT2D eigenvalue weighted by Crippen LogP contribution is 1.98. The fourth-order valence-electron chi connectivity index (χ4n) is 0.567. The third-order valence-electron chi connectivity index (χ3n) is 1.01. The lowest BCUT2D eigenvalue weighted by molar-refractivity contribution is -0.115. The normalized spacial score (nSPS) is 19.1. The number of ether oxygens (including phenoxy) is 1. The van der Waals surface area contributed by atoms with Gasteiger partial charge in [-0.3, -0.25) is 4.79 Å². The number of hydrogen-bond donors (Lipinski definition) is 0. The summed E-state index contributed by atoms with van der Waals surface area (Å²) in [5.74, 6) is 0.154. The third-order valence-corrected chi connectivity index (χ3v) is 1.01. The summed E-state index contributed by atoms with van der Waals surface area (Å²) in [7, 11) is 0. The maximum atomic E-state index is 10.4. The van der Waals surface area contributed by atoms with E-state index in [1.165, 1.54) is 6.92 Å². The van der Waals surface area contributed by atoms with Crippen LogP contribution in [0, 0.1) is 0 Å². The van der Waals surface area contributed by atoms with Gasteiger partial charge in [0.2, 0.25) is 11.8 Å². The van der Waals surface area contributed by atoms with Crippen LogP contribution < -0.4 is 5.43 Å². The smallest absolute Gasteiger partial charge is 0.345 e. The van der Waals surface area contributed by atoms with Gasteiger partial charge in [0.1, 0.15) is 0 Å². The van der Waals surface area contributed by atoms with Crippen LogP contribution in [-0.4, -0.2) is 17.8 Å². The molecule has 0 bridgehead atoms. The van der Waals surface area contributed by atoms with Gasteiger partial charge in [0.15, 0.2) is 0 Å². The molecule has 0 spiro atoms. The molecule has 1 aliphatic rings. The molecule has 59 valence electrons. The van der Waals surface area contributed by atoms with Crippen LogP contribution in [0.4, 0.5) is 0 Å².